The Hall–Kier alpha value is -3.01. The Bertz CT molecular complexity index is 711. The number of urea groups is 1. The van der Waals surface area contributed by atoms with E-state index in [0.717, 1.165) is 5.69 Å². The van der Waals surface area contributed by atoms with Gasteiger partial charge in [-0.25, -0.2) is 4.79 Å². The van der Waals surface area contributed by atoms with Crippen molar-refractivity contribution in [3.63, 3.8) is 0 Å². The van der Waals surface area contributed by atoms with Crippen molar-refractivity contribution >= 4 is 17.4 Å². The number of H-pyrrole nitrogens is 1. The van der Waals surface area contributed by atoms with E-state index in [1.165, 1.54) is 0 Å². The zero-order valence-electron chi connectivity index (χ0n) is 12.7. The molecule has 0 saturated heterocycles. The second-order valence-electron chi connectivity index (χ2n) is 4.64. The summed E-state index contributed by atoms with van der Waals surface area (Å²) in [6, 6.07) is 6.47. The topological polar surface area (TPSA) is 103 Å². The first-order valence-corrected chi connectivity index (χ1v) is 6.81. The van der Waals surface area contributed by atoms with Gasteiger partial charge in [-0.15, -0.1) is 0 Å². The first-order valence-electron chi connectivity index (χ1n) is 6.81. The van der Waals surface area contributed by atoms with Gasteiger partial charge in [-0.05, 0) is 39.0 Å². The van der Waals surface area contributed by atoms with Crippen molar-refractivity contribution in [1.29, 1.82) is 5.26 Å². The molecule has 0 fully saturated rings. The van der Waals surface area contributed by atoms with Crippen LogP contribution in [0.3, 0.4) is 0 Å². The lowest BCUT2D eigenvalue weighted by Crippen LogP contribution is -2.20. The van der Waals surface area contributed by atoms with E-state index in [1.54, 1.807) is 25.1 Å². The molecule has 0 aliphatic heterocycles. The van der Waals surface area contributed by atoms with Crippen LogP contribution >= 0.6 is 0 Å². The number of nitriles is 1. The summed E-state index contributed by atoms with van der Waals surface area (Å²) in [6.45, 7) is 5.92. The molecule has 114 valence electrons. The average molecular weight is 299 g/mol. The van der Waals surface area contributed by atoms with E-state index in [4.69, 9.17) is 10.00 Å². The van der Waals surface area contributed by atoms with Crippen molar-refractivity contribution in [2.75, 3.05) is 17.2 Å². The molecule has 0 spiro atoms. The van der Waals surface area contributed by atoms with Gasteiger partial charge in [0.15, 0.2) is 0 Å². The zero-order chi connectivity index (χ0) is 16.1. The van der Waals surface area contributed by atoms with E-state index >= 15 is 0 Å². The summed E-state index contributed by atoms with van der Waals surface area (Å²) in [6.07, 6.45) is 0. The number of nitrogens with one attached hydrogen (secondary N) is 3. The minimum Gasteiger partial charge on any atom is -0.492 e. The fraction of sp³-hybridized carbons (Fsp3) is 0.267. The molecule has 0 aliphatic rings. The van der Waals surface area contributed by atoms with Crippen LogP contribution in [0.5, 0.6) is 5.75 Å². The fourth-order valence-corrected chi connectivity index (χ4v) is 1.98. The van der Waals surface area contributed by atoms with Crippen LogP contribution in [0.4, 0.5) is 16.2 Å². The van der Waals surface area contributed by atoms with Gasteiger partial charge in [0.05, 0.1) is 41.0 Å². The zero-order valence-corrected chi connectivity index (χ0v) is 12.7. The molecule has 7 nitrogen and oxygen atoms in total. The predicted molar refractivity (Wildman–Crippen MR) is 83.0 cm³/mol. The van der Waals surface area contributed by atoms with Gasteiger partial charge >= 0.3 is 6.03 Å². The first-order chi connectivity index (χ1) is 10.5. The molecule has 1 aromatic carbocycles. The van der Waals surface area contributed by atoms with Gasteiger partial charge in [0.1, 0.15) is 5.75 Å². The molecule has 0 bridgehead atoms. The molecule has 0 atom stereocenters. The number of aromatic nitrogens is 2. The van der Waals surface area contributed by atoms with Crippen molar-refractivity contribution in [3.05, 3.63) is 35.2 Å². The predicted octanol–water partition coefficient (Wildman–Crippen LogP) is 2.94. The van der Waals surface area contributed by atoms with E-state index in [-0.39, 0.29) is 0 Å². The van der Waals surface area contributed by atoms with Gasteiger partial charge in [0.2, 0.25) is 0 Å². The number of aromatic amines is 1. The van der Waals surface area contributed by atoms with Gasteiger partial charge in [-0.2, -0.15) is 10.4 Å². The molecular weight excluding hydrogens is 282 g/mol. The van der Waals surface area contributed by atoms with Crippen molar-refractivity contribution in [1.82, 2.24) is 10.2 Å². The molecule has 3 N–H and O–H groups in total. The minimum atomic E-state index is -0.427. The van der Waals surface area contributed by atoms with Crippen molar-refractivity contribution in [3.8, 4) is 11.8 Å². The smallest absolute Gasteiger partial charge is 0.323 e. The van der Waals surface area contributed by atoms with Crippen LogP contribution in [-0.2, 0) is 0 Å². The van der Waals surface area contributed by atoms with E-state index in [1.807, 2.05) is 19.9 Å². The standard InChI is InChI=1S/C15H17N5O2/c1-4-22-13-6-5-11(8-16)7-12(13)17-15(21)18-14-9(2)19-20-10(14)3/h5-7H,4H2,1-3H3,(H,19,20)(H2,17,18,21). The van der Waals surface area contributed by atoms with Gasteiger partial charge < -0.3 is 15.4 Å². The summed E-state index contributed by atoms with van der Waals surface area (Å²) in [5.41, 5.74) is 2.98. The van der Waals surface area contributed by atoms with Gasteiger partial charge in [-0.1, -0.05) is 0 Å². The van der Waals surface area contributed by atoms with Crippen LogP contribution in [0, 0.1) is 25.2 Å². The number of hydrogen-bond acceptors (Lipinski definition) is 4. The normalized spacial score (nSPS) is 9.91. The highest BCUT2D eigenvalue weighted by Gasteiger charge is 2.13. The third-order valence-corrected chi connectivity index (χ3v) is 3.02. The Morgan fingerprint density at radius 2 is 2.18 bits per heavy atom. The molecule has 0 unspecified atom stereocenters. The van der Waals surface area contributed by atoms with E-state index in [2.05, 4.69) is 20.8 Å². The van der Waals surface area contributed by atoms with Crippen LogP contribution in [0.25, 0.3) is 0 Å². The number of ether oxygens (including phenoxy) is 1. The minimum absolute atomic E-state index is 0.427. The van der Waals surface area contributed by atoms with Gasteiger partial charge in [-0.3, -0.25) is 5.10 Å². The number of hydrogen-bond donors (Lipinski definition) is 3. The van der Waals surface area contributed by atoms with Gasteiger partial charge in [0.25, 0.3) is 0 Å². The number of carbonyl (C=O) groups excluding carboxylic acids is 1. The maximum atomic E-state index is 12.1. The Balaban J connectivity index is 2.19. The Morgan fingerprint density at radius 3 is 2.77 bits per heavy atom. The lowest BCUT2D eigenvalue weighted by molar-refractivity contribution is 0.262. The molecule has 22 heavy (non-hydrogen) atoms. The van der Waals surface area contributed by atoms with Crippen LogP contribution in [0.2, 0.25) is 0 Å². The van der Waals surface area contributed by atoms with Crippen LogP contribution in [-0.4, -0.2) is 22.8 Å². The number of benzene rings is 1. The Kier molecular flexibility index (Phi) is 4.63. The van der Waals surface area contributed by atoms with Crippen molar-refractivity contribution in [2.24, 2.45) is 0 Å². The molecule has 2 amide bonds. The lowest BCUT2D eigenvalue weighted by Gasteiger charge is -2.12. The molecule has 0 aliphatic carbocycles. The summed E-state index contributed by atoms with van der Waals surface area (Å²) in [5.74, 6) is 0.511. The molecule has 1 heterocycles. The molecule has 2 rings (SSSR count). The fourth-order valence-electron chi connectivity index (χ4n) is 1.98. The number of amides is 2. The highest BCUT2D eigenvalue weighted by Crippen LogP contribution is 2.26. The molecule has 0 radical (unpaired) electrons. The number of carbonyl (C=O) groups is 1. The monoisotopic (exact) mass is 299 g/mol. The van der Waals surface area contributed by atoms with Crippen molar-refractivity contribution < 1.29 is 9.53 Å². The maximum absolute atomic E-state index is 12.1. The third kappa shape index (κ3) is 3.35. The Labute approximate surface area is 128 Å². The molecule has 7 heteroatoms. The maximum Gasteiger partial charge on any atom is 0.323 e. The van der Waals surface area contributed by atoms with Crippen molar-refractivity contribution in [2.45, 2.75) is 20.8 Å². The summed E-state index contributed by atoms with van der Waals surface area (Å²) >= 11 is 0. The van der Waals surface area contributed by atoms with E-state index in [0.29, 0.717) is 35.0 Å². The third-order valence-electron chi connectivity index (χ3n) is 3.02. The largest absolute Gasteiger partial charge is 0.492 e. The van der Waals surface area contributed by atoms with E-state index < -0.39 is 6.03 Å². The molecule has 1 aromatic heterocycles. The van der Waals surface area contributed by atoms with Crippen LogP contribution < -0.4 is 15.4 Å². The second-order valence-corrected chi connectivity index (χ2v) is 4.64. The summed E-state index contributed by atoms with van der Waals surface area (Å²) < 4.78 is 5.45. The van der Waals surface area contributed by atoms with Crippen LogP contribution in [0.15, 0.2) is 18.2 Å². The summed E-state index contributed by atoms with van der Waals surface area (Å²) in [7, 11) is 0. The molecule has 2 aromatic rings. The quantitative estimate of drug-likeness (QED) is 0.807. The summed E-state index contributed by atoms with van der Waals surface area (Å²) in [5, 5.41) is 21.2. The van der Waals surface area contributed by atoms with Crippen LogP contribution in [0.1, 0.15) is 23.9 Å². The number of aryl methyl sites for hydroxylation is 2. The second kappa shape index (κ2) is 6.63. The molecule has 0 saturated carbocycles. The SMILES string of the molecule is CCOc1ccc(C#N)cc1NC(=O)Nc1c(C)n[nH]c1C. The number of anilines is 2. The Morgan fingerprint density at radius 1 is 1.41 bits per heavy atom. The lowest BCUT2D eigenvalue weighted by atomic mass is 10.2. The molecular formula is C15H17N5O2. The number of nitrogens with zero attached hydrogens (tertiary/aromatic N) is 2. The van der Waals surface area contributed by atoms with E-state index in [9.17, 15) is 4.79 Å². The van der Waals surface area contributed by atoms with Gasteiger partial charge in [0, 0.05) is 0 Å². The number of rotatable bonds is 4. The highest BCUT2D eigenvalue weighted by molar-refractivity contribution is 6.01. The highest BCUT2D eigenvalue weighted by atomic mass is 16.5. The summed E-state index contributed by atoms with van der Waals surface area (Å²) in [4.78, 5) is 12.1. The average Bonchev–Trinajstić information content (AvgIpc) is 2.81. The first kappa shape index (κ1) is 15.4.